The smallest absolute Gasteiger partial charge is 0.335 e. The normalized spacial score (nSPS) is 11.2. The zero-order chi connectivity index (χ0) is 12.9. The summed E-state index contributed by atoms with van der Waals surface area (Å²) < 4.78 is 5.81. The van der Waals surface area contributed by atoms with Crippen LogP contribution in [-0.4, -0.2) is 11.1 Å². The first-order valence-corrected chi connectivity index (χ1v) is 5.74. The number of hydrogen-bond acceptors (Lipinski definition) is 2. The van der Waals surface area contributed by atoms with Gasteiger partial charge in [0.15, 0.2) is 0 Å². The van der Waals surface area contributed by atoms with Gasteiger partial charge >= 0.3 is 5.97 Å². The summed E-state index contributed by atoms with van der Waals surface area (Å²) in [5, 5.41) is 11.1. The monoisotopic (exact) mass is 240 g/mol. The third-order valence-electron chi connectivity index (χ3n) is 3.32. The molecular formula is C15H12O3. The fourth-order valence-corrected chi connectivity index (χ4v) is 2.44. The van der Waals surface area contributed by atoms with Crippen LogP contribution in [0.5, 0.6) is 0 Å². The van der Waals surface area contributed by atoms with Gasteiger partial charge in [0.25, 0.3) is 0 Å². The van der Waals surface area contributed by atoms with Gasteiger partial charge in [-0.2, -0.15) is 0 Å². The van der Waals surface area contributed by atoms with Gasteiger partial charge in [0.05, 0.1) is 5.56 Å². The molecule has 0 atom stereocenters. The Hall–Kier alpha value is -2.29. The van der Waals surface area contributed by atoms with Gasteiger partial charge in [0.2, 0.25) is 0 Å². The number of carbonyl (C=O) groups is 1. The van der Waals surface area contributed by atoms with E-state index < -0.39 is 5.97 Å². The number of para-hydroxylation sites is 1. The molecule has 0 aliphatic rings. The molecule has 3 aromatic rings. The fourth-order valence-electron chi connectivity index (χ4n) is 2.44. The van der Waals surface area contributed by atoms with E-state index in [4.69, 9.17) is 4.42 Å². The Morgan fingerprint density at radius 1 is 1.22 bits per heavy atom. The molecule has 90 valence electrons. The molecule has 0 aliphatic carbocycles. The van der Waals surface area contributed by atoms with Gasteiger partial charge in [0, 0.05) is 10.8 Å². The zero-order valence-corrected chi connectivity index (χ0v) is 10.2. The molecule has 0 spiro atoms. The molecule has 3 heteroatoms. The summed E-state index contributed by atoms with van der Waals surface area (Å²) in [6.07, 6.45) is 0. The molecule has 0 aliphatic heterocycles. The summed E-state index contributed by atoms with van der Waals surface area (Å²) in [6, 6.07) is 9.36. The van der Waals surface area contributed by atoms with Gasteiger partial charge in [-0.15, -0.1) is 0 Å². The van der Waals surface area contributed by atoms with Crippen LogP contribution >= 0.6 is 0 Å². The van der Waals surface area contributed by atoms with E-state index in [9.17, 15) is 9.90 Å². The Balaban J connectivity index is 2.58. The predicted molar refractivity (Wildman–Crippen MR) is 70.2 cm³/mol. The highest BCUT2D eigenvalue weighted by atomic mass is 16.4. The highest BCUT2D eigenvalue weighted by Gasteiger charge is 2.17. The van der Waals surface area contributed by atoms with Gasteiger partial charge < -0.3 is 9.52 Å². The molecule has 0 bridgehead atoms. The zero-order valence-electron chi connectivity index (χ0n) is 10.2. The van der Waals surface area contributed by atoms with E-state index in [1.165, 1.54) is 0 Å². The topological polar surface area (TPSA) is 50.4 Å². The number of aromatic carboxylic acids is 1. The average molecular weight is 240 g/mol. The van der Waals surface area contributed by atoms with Crippen molar-refractivity contribution in [1.29, 1.82) is 0 Å². The van der Waals surface area contributed by atoms with Crippen LogP contribution in [-0.2, 0) is 0 Å². The number of benzene rings is 2. The Morgan fingerprint density at radius 2 is 1.94 bits per heavy atom. The summed E-state index contributed by atoms with van der Waals surface area (Å²) in [5.74, 6) is -0.900. The number of furan rings is 1. The average Bonchev–Trinajstić information content (AvgIpc) is 2.73. The number of fused-ring (bicyclic) bond motifs is 3. The SMILES string of the molecule is Cc1cc(C(=O)O)c(C)c2c1oc1ccccc12. The lowest BCUT2D eigenvalue weighted by atomic mass is 9.99. The summed E-state index contributed by atoms with van der Waals surface area (Å²) in [5.41, 5.74) is 3.52. The first-order chi connectivity index (χ1) is 8.59. The second kappa shape index (κ2) is 3.60. The van der Waals surface area contributed by atoms with Crippen LogP contribution in [0, 0.1) is 13.8 Å². The van der Waals surface area contributed by atoms with Gasteiger partial charge in [-0.3, -0.25) is 0 Å². The number of carboxylic acid groups (broad SMARTS) is 1. The molecule has 18 heavy (non-hydrogen) atoms. The largest absolute Gasteiger partial charge is 0.478 e. The maximum Gasteiger partial charge on any atom is 0.335 e. The molecule has 1 aromatic heterocycles. The Kier molecular flexibility index (Phi) is 2.17. The molecule has 0 amide bonds. The summed E-state index contributed by atoms with van der Waals surface area (Å²) in [7, 11) is 0. The summed E-state index contributed by atoms with van der Waals surface area (Å²) in [4.78, 5) is 11.2. The Bertz CT molecular complexity index is 781. The van der Waals surface area contributed by atoms with Crippen molar-refractivity contribution in [3.05, 3.63) is 47.0 Å². The fraction of sp³-hybridized carbons (Fsp3) is 0.133. The molecule has 0 saturated carbocycles. The number of aryl methyl sites for hydroxylation is 2. The molecule has 3 nitrogen and oxygen atoms in total. The van der Waals surface area contributed by atoms with Crippen molar-refractivity contribution in [3.63, 3.8) is 0 Å². The van der Waals surface area contributed by atoms with Crippen LogP contribution in [0.25, 0.3) is 21.9 Å². The molecule has 1 N–H and O–H groups in total. The van der Waals surface area contributed by atoms with E-state index in [0.29, 0.717) is 5.56 Å². The second-order valence-corrected chi connectivity index (χ2v) is 4.47. The third-order valence-corrected chi connectivity index (χ3v) is 3.32. The molecule has 3 rings (SSSR count). The number of hydrogen-bond donors (Lipinski definition) is 1. The van der Waals surface area contributed by atoms with E-state index in [1.54, 1.807) is 6.07 Å². The minimum Gasteiger partial charge on any atom is -0.478 e. The van der Waals surface area contributed by atoms with Gasteiger partial charge in [-0.1, -0.05) is 18.2 Å². The quantitative estimate of drug-likeness (QED) is 0.701. The first-order valence-electron chi connectivity index (χ1n) is 5.74. The van der Waals surface area contributed by atoms with Crippen LogP contribution in [0.3, 0.4) is 0 Å². The van der Waals surface area contributed by atoms with Crippen LogP contribution in [0.4, 0.5) is 0 Å². The van der Waals surface area contributed by atoms with Crippen molar-refractivity contribution < 1.29 is 14.3 Å². The number of rotatable bonds is 1. The van der Waals surface area contributed by atoms with Crippen LogP contribution < -0.4 is 0 Å². The molecule has 0 fully saturated rings. The van der Waals surface area contributed by atoms with Crippen molar-refractivity contribution in [2.75, 3.05) is 0 Å². The summed E-state index contributed by atoms with van der Waals surface area (Å²) in [6.45, 7) is 3.70. The molecular weight excluding hydrogens is 228 g/mol. The first kappa shape index (κ1) is 10.8. The minimum absolute atomic E-state index is 0.339. The standard InChI is InChI=1S/C15H12O3/c1-8-7-11(15(16)17)9(2)13-10-5-3-4-6-12(10)18-14(8)13/h3-7H,1-2H3,(H,16,17). The van der Waals surface area contributed by atoms with Crippen molar-refractivity contribution in [2.45, 2.75) is 13.8 Å². The van der Waals surface area contributed by atoms with E-state index in [2.05, 4.69) is 0 Å². The van der Waals surface area contributed by atoms with Gasteiger partial charge in [-0.25, -0.2) is 4.79 Å². The van der Waals surface area contributed by atoms with Crippen LogP contribution in [0.1, 0.15) is 21.5 Å². The van der Waals surface area contributed by atoms with Crippen LogP contribution in [0.2, 0.25) is 0 Å². The summed E-state index contributed by atoms with van der Waals surface area (Å²) >= 11 is 0. The molecule has 1 heterocycles. The lowest BCUT2D eigenvalue weighted by Crippen LogP contribution is -2.00. The van der Waals surface area contributed by atoms with Gasteiger partial charge in [-0.05, 0) is 37.1 Å². The minimum atomic E-state index is -0.900. The van der Waals surface area contributed by atoms with Crippen molar-refractivity contribution in [3.8, 4) is 0 Å². The van der Waals surface area contributed by atoms with Crippen molar-refractivity contribution >= 4 is 27.9 Å². The maximum absolute atomic E-state index is 11.2. The maximum atomic E-state index is 11.2. The van der Waals surface area contributed by atoms with Crippen molar-refractivity contribution in [2.24, 2.45) is 0 Å². The molecule has 0 unspecified atom stereocenters. The van der Waals surface area contributed by atoms with E-state index >= 15 is 0 Å². The highest BCUT2D eigenvalue weighted by molar-refractivity contribution is 6.10. The Morgan fingerprint density at radius 3 is 2.67 bits per heavy atom. The van der Waals surface area contributed by atoms with Crippen molar-refractivity contribution in [1.82, 2.24) is 0 Å². The molecule has 2 aromatic carbocycles. The predicted octanol–water partition coefficient (Wildman–Crippen LogP) is 3.90. The number of carboxylic acids is 1. The Labute approximate surface area is 104 Å². The highest BCUT2D eigenvalue weighted by Crippen LogP contribution is 2.34. The van der Waals surface area contributed by atoms with E-state index in [1.807, 2.05) is 38.1 Å². The lowest BCUT2D eigenvalue weighted by molar-refractivity contribution is 0.0696. The lowest BCUT2D eigenvalue weighted by Gasteiger charge is -2.04. The van der Waals surface area contributed by atoms with Gasteiger partial charge in [0.1, 0.15) is 11.2 Å². The molecule has 0 saturated heterocycles. The molecule has 0 radical (unpaired) electrons. The van der Waals surface area contributed by atoms with E-state index in [0.717, 1.165) is 33.1 Å². The van der Waals surface area contributed by atoms with Crippen LogP contribution in [0.15, 0.2) is 34.7 Å². The second-order valence-electron chi connectivity index (χ2n) is 4.47. The third kappa shape index (κ3) is 1.34. The van der Waals surface area contributed by atoms with E-state index in [-0.39, 0.29) is 0 Å².